The molecule has 0 saturated carbocycles. The van der Waals surface area contributed by atoms with Crippen LogP contribution in [0.15, 0.2) is 67.3 Å². The van der Waals surface area contributed by atoms with Crippen LogP contribution in [0.25, 0.3) is 0 Å². The summed E-state index contributed by atoms with van der Waals surface area (Å²) in [5.41, 5.74) is 2.22. The van der Waals surface area contributed by atoms with Crippen LogP contribution >= 0.6 is 11.6 Å². The Labute approximate surface area is 107 Å². The highest BCUT2D eigenvalue weighted by molar-refractivity contribution is 6.30. The molecule has 17 heavy (non-hydrogen) atoms. The quantitative estimate of drug-likeness (QED) is 0.769. The lowest BCUT2D eigenvalue weighted by Gasteiger charge is -2.16. The van der Waals surface area contributed by atoms with Gasteiger partial charge in [0.05, 0.1) is 6.04 Å². The highest BCUT2D eigenvalue weighted by atomic mass is 35.5. The van der Waals surface area contributed by atoms with Crippen LogP contribution in [0.2, 0.25) is 5.02 Å². The van der Waals surface area contributed by atoms with E-state index in [0.717, 1.165) is 10.7 Å². The van der Waals surface area contributed by atoms with E-state index >= 15 is 0 Å². The van der Waals surface area contributed by atoms with Crippen LogP contribution < -0.4 is 5.32 Å². The fourth-order valence-corrected chi connectivity index (χ4v) is 1.79. The minimum absolute atomic E-state index is 0.109. The zero-order valence-corrected chi connectivity index (χ0v) is 10.2. The molecule has 1 atom stereocenters. The lowest BCUT2D eigenvalue weighted by Crippen LogP contribution is -2.07. The Balaban J connectivity index is 2.16. The molecule has 2 aromatic rings. The summed E-state index contributed by atoms with van der Waals surface area (Å²) in [6.45, 7) is 3.86. The molecule has 0 aliphatic heterocycles. The molecule has 2 aromatic carbocycles. The van der Waals surface area contributed by atoms with Crippen LogP contribution in [0.1, 0.15) is 11.6 Å². The van der Waals surface area contributed by atoms with Gasteiger partial charge in [0.2, 0.25) is 0 Å². The van der Waals surface area contributed by atoms with Crippen molar-refractivity contribution in [3.63, 3.8) is 0 Å². The van der Waals surface area contributed by atoms with Crippen molar-refractivity contribution in [2.75, 3.05) is 5.32 Å². The molecule has 0 saturated heterocycles. The molecule has 0 spiro atoms. The Hall–Kier alpha value is -1.73. The summed E-state index contributed by atoms with van der Waals surface area (Å²) in [5.74, 6) is 0. The minimum atomic E-state index is 0.109. The molecule has 0 aliphatic carbocycles. The van der Waals surface area contributed by atoms with Crippen molar-refractivity contribution in [1.29, 1.82) is 0 Å². The molecule has 0 unspecified atom stereocenters. The van der Waals surface area contributed by atoms with Crippen LogP contribution in [-0.4, -0.2) is 0 Å². The second kappa shape index (κ2) is 5.55. The molecule has 0 radical (unpaired) electrons. The molecule has 0 amide bonds. The van der Waals surface area contributed by atoms with Crippen LogP contribution in [-0.2, 0) is 0 Å². The van der Waals surface area contributed by atoms with Gasteiger partial charge in [0, 0.05) is 10.7 Å². The van der Waals surface area contributed by atoms with Gasteiger partial charge in [-0.15, -0.1) is 6.58 Å². The highest BCUT2D eigenvalue weighted by Crippen LogP contribution is 2.21. The third-order valence-corrected chi connectivity index (χ3v) is 2.81. The number of halogens is 1. The van der Waals surface area contributed by atoms with Crippen LogP contribution in [0.3, 0.4) is 0 Å². The summed E-state index contributed by atoms with van der Waals surface area (Å²) in [6.07, 6.45) is 1.89. The van der Waals surface area contributed by atoms with Gasteiger partial charge in [-0.25, -0.2) is 0 Å². The Bertz CT molecular complexity index is 476. The van der Waals surface area contributed by atoms with Gasteiger partial charge >= 0.3 is 0 Å². The third-order valence-electron chi connectivity index (χ3n) is 2.56. The minimum Gasteiger partial charge on any atom is -0.375 e. The average Bonchev–Trinajstić information content (AvgIpc) is 2.39. The zero-order valence-electron chi connectivity index (χ0n) is 9.44. The first-order valence-corrected chi connectivity index (χ1v) is 5.87. The fourth-order valence-electron chi connectivity index (χ4n) is 1.66. The molecule has 0 heterocycles. The molecular formula is C15H14ClN. The maximum Gasteiger partial charge on any atom is 0.0695 e. The second-order valence-corrected chi connectivity index (χ2v) is 4.21. The number of nitrogens with one attached hydrogen (secondary N) is 1. The largest absolute Gasteiger partial charge is 0.375 e. The Morgan fingerprint density at radius 1 is 1.00 bits per heavy atom. The number of rotatable bonds is 4. The van der Waals surface area contributed by atoms with Crippen molar-refractivity contribution >= 4 is 17.3 Å². The Morgan fingerprint density at radius 2 is 1.65 bits per heavy atom. The Morgan fingerprint density at radius 3 is 2.24 bits per heavy atom. The SMILES string of the molecule is C=C[C@@H](Nc1ccc(Cl)cc1)c1ccccc1. The maximum atomic E-state index is 5.85. The standard InChI is InChI=1S/C15H14ClN/c1-2-15(12-6-4-3-5-7-12)17-14-10-8-13(16)9-11-14/h2-11,15,17H,1H2/t15-/m1/s1. The number of anilines is 1. The highest BCUT2D eigenvalue weighted by Gasteiger charge is 2.05. The van der Waals surface area contributed by atoms with Crippen molar-refractivity contribution in [3.05, 3.63) is 77.8 Å². The Kier molecular flexibility index (Phi) is 3.84. The zero-order chi connectivity index (χ0) is 12.1. The molecule has 0 fully saturated rings. The molecular weight excluding hydrogens is 230 g/mol. The number of benzene rings is 2. The van der Waals surface area contributed by atoms with E-state index in [2.05, 4.69) is 24.0 Å². The van der Waals surface area contributed by atoms with Gasteiger partial charge in [-0.3, -0.25) is 0 Å². The monoisotopic (exact) mass is 243 g/mol. The molecule has 2 rings (SSSR count). The predicted octanol–water partition coefficient (Wildman–Crippen LogP) is 4.68. The van der Waals surface area contributed by atoms with Crippen molar-refractivity contribution in [1.82, 2.24) is 0 Å². The fraction of sp³-hybridized carbons (Fsp3) is 0.0667. The van der Waals surface area contributed by atoms with Gasteiger partial charge in [0.1, 0.15) is 0 Å². The summed E-state index contributed by atoms with van der Waals surface area (Å²) < 4.78 is 0. The van der Waals surface area contributed by atoms with Gasteiger partial charge < -0.3 is 5.32 Å². The van der Waals surface area contributed by atoms with E-state index in [0.29, 0.717) is 0 Å². The van der Waals surface area contributed by atoms with E-state index in [-0.39, 0.29) is 6.04 Å². The van der Waals surface area contributed by atoms with Gasteiger partial charge in [0.15, 0.2) is 0 Å². The molecule has 0 aliphatic rings. The van der Waals surface area contributed by atoms with Gasteiger partial charge in [-0.1, -0.05) is 48.0 Å². The van der Waals surface area contributed by atoms with E-state index in [4.69, 9.17) is 11.6 Å². The van der Waals surface area contributed by atoms with Crippen molar-refractivity contribution in [2.24, 2.45) is 0 Å². The van der Waals surface area contributed by atoms with Crippen LogP contribution in [0, 0.1) is 0 Å². The summed E-state index contributed by atoms with van der Waals surface area (Å²) >= 11 is 5.85. The molecule has 1 nitrogen and oxygen atoms in total. The first-order chi connectivity index (χ1) is 8.29. The smallest absolute Gasteiger partial charge is 0.0695 e. The second-order valence-electron chi connectivity index (χ2n) is 3.78. The summed E-state index contributed by atoms with van der Waals surface area (Å²) in [6, 6.07) is 18.0. The number of hydrogen-bond donors (Lipinski definition) is 1. The van der Waals surface area contributed by atoms with Gasteiger partial charge in [-0.2, -0.15) is 0 Å². The van der Waals surface area contributed by atoms with Crippen molar-refractivity contribution in [3.8, 4) is 0 Å². The van der Waals surface area contributed by atoms with Crippen LogP contribution in [0.5, 0.6) is 0 Å². The summed E-state index contributed by atoms with van der Waals surface area (Å²) in [5, 5.41) is 4.14. The van der Waals surface area contributed by atoms with E-state index in [9.17, 15) is 0 Å². The summed E-state index contributed by atoms with van der Waals surface area (Å²) in [4.78, 5) is 0. The molecule has 0 bridgehead atoms. The van der Waals surface area contributed by atoms with Crippen LogP contribution in [0.4, 0.5) is 5.69 Å². The third kappa shape index (κ3) is 3.11. The van der Waals surface area contributed by atoms with Crippen molar-refractivity contribution < 1.29 is 0 Å². The maximum absolute atomic E-state index is 5.85. The van der Waals surface area contributed by atoms with E-state index < -0.39 is 0 Å². The van der Waals surface area contributed by atoms with E-state index in [1.165, 1.54) is 5.56 Å². The van der Waals surface area contributed by atoms with Gasteiger partial charge in [0.25, 0.3) is 0 Å². The number of hydrogen-bond acceptors (Lipinski definition) is 1. The molecule has 86 valence electrons. The molecule has 2 heteroatoms. The van der Waals surface area contributed by atoms with Gasteiger partial charge in [-0.05, 0) is 29.8 Å². The first kappa shape index (κ1) is 11.7. The first-order valence-electron chi connectivity index (χ1n) is 5.49. The molecule has 1 N–H and O–H groups in total. The van der Waals surface area contributed by atoms with E-state index in [1.54, 1.807) is 0 Å². The van der Waals surface area contributed by atoms with Crippen molar-refractivity contribution in [2.45, 2.75) is 6.04 Å². The predicted molar refractivity (Wildman–Crippen MR) is 74.5 cm³/mol. The topological polar surface area (TPSA) is 12.0 Å². The average molecular weight is 244 g/mol. The molecule has 0 aromatic heterocycles. The normalized spacial score (nSPS) is 11.8. The lowest BCUT2D eigenvalue weighted by atomic mass is 10.1. The van der Waals surface area contributed by atoms with E-state index in [1.807, 2.05) is 48.5 Å². The summed E-state index contributed by atoms with van der Waals surface area (Å²) in [7, 11) is 0. The lowest BCUT2D eigenvalue weighted by molar-refractivity contribution is 0.988.